The Morgan fingerprint density at radius 2 is 2.00 bits per heavy atom. The lowest BCUT2D eigenvalue weighted by Gasteiger charge is -2.08. The highest BCUT2D eigenvalue weighted by molar-refractivity contribution is 5.78. The predicted molar refractivity (Wildman–Crippen MR) is 90.5 cm³/mol. The van der Waals surface area contributed by atoms with Crippen LogP contribution in [-0.2, 0) is 11.3 Å². The van der Waals surface area contributed by atoms with Crippen LogP contribution >= 0.6 is 0 Å². The summed E-state index contributed by atoms with van der Waals surface area (Å²) in [4.78, 5) is 11.9. The standard InChI is InChI=1S/C18H24N4O/c1-13-17(11-20-18(23)12-19-10-15-8-9-15)14(2)22(21-13)16-6-4-3-5-7-16/h3-7,15,19H,8-12H2,1-2H3,(H,20,23). The number of nitrogens with one attached hydrogen (secondary N) is 2. The summed E-state index contributed by atoms with van der Waals surface area (Å²) in [5.41, 5.74) is 4.15. The Hall–Kier alpha value is -2.14. The van der Waals surface area contributed by atoms with E-state index in [0.717, 1.165) is 35.1 Å². The fourth-order valence-electron chi connectivity index (χ4n) is 2.71. The van der Waals surface area contributed by atoms with Crippen molar-refractivity contribution < 1.29 is 4.79 Å². The van der Waals surface area contributed by atoms with Crippen LogP contribution in [0.25, 0.3) is 5.69 Å². The quantitative estimate of drug-likeness (QED) is 0.823. The first kappa shape index (κ1) is 15.7. The minimum absolute atomic E-state index is 0.0388. The first-order valence-electron chi connectivity index (χ1n) is 8.23. The fourth-order valence-corrected chi connectivity index (χ4v) is 2.71. The lowest BCUT2D eigenvalue weighted by atomic mass is 10.2. The van der Waals surface area contributed by atoms with Gasteiger partial charge in [-0.1, -0.05) is 18.2 Å². The number of benzene rings is 1. The van der Waals surface area contributed by atoms with E-state index in [2.05, 4.69) is 15.7 Å². The normalized spacial score (nSPS) is 14.0. The molecule has 3 rings (SSSR count). The van der Waals surface area contributed by atoms with E-state index in [1.165, 1.54) is 12.8 Å². The molecule has 0 atom stereocenters. The SMILES string of the molecule is Cc1nn(-c2ccccc2)c(C)c1CNC(=O)CNCC1CC1. The molecule has 0 bridgehead atoms. The number of hydrogen-bond donors (Lipinski definition) is 2. The molecular weight excluding hydrogens is 288 g/mol. The van der Waals surface area contributed by atoms with Crippen molar-refractivity contribution in [3.8, 4) is 5.69 Å². The van der Waals surface area contributed by atoms with Gasteiger partial charge in [-0.05, 0) is 51.3 Å². The Morgan fingerprint density at radius 1 is 1.26 bits per heavy atom. The van der Waals surface area contributed by atoms with Crippen molar-refractivity contribution in [1.82, 2.24) is 20.4 Å². The summed E-state index contributed by atoms with van der Waals surface area (Å²) in [6.45, 7) is 5.90. The average molecular weight is 312 g/mol. The van der Waals surface area contributed by atoms with Gasteiger partial charge in [0.15, 0.2) is 0 Å². The van der Waals surface area contributed by atoms with E-state index >= 15 is 0 Å². The number of hydrogen-bond acceptors (Lipinski definition) is 3. The highest BCUT2D eigenvalue weighted by Crippen LogP contribution is 2.27. The molecule has 122 valence electrons. The molecule has 5 heteroatoms. The molecule has 0 saturated heterocycles. The van der Waals surface area contributed by atoms with Crippen LogP contribution in [0.4, 0.5) is 0 Å². The van der Waals surface area contributed by atoms with Crippen LogP contribution in [0.3, 0.4) is 0 Å². The molecule has 1 aliphatic rings. The first-order valence-corrected chi connectivity index (χ1v) is 8.23. The molecule has 2 N–H and O–H groups in total. The van der Waals surface area contributed by atoms with Crippen LogP contribution < -0.4 is 10.6 Å². The van der Waals surface area contributed by atoms with E-state index in [9.17, 15) is 4.79 Å². The predicted octanol–water partition coefficient (Wildman–Crippen LogP) is 2.10. The molecule has 0 aliphatic heterocycles. The average Bonchev–Trinajstić information content (AvgIpc) is 3.33. The van der Waals surface area contributed by atoms with Crippen LogP contribution in [-0.4, -0.2) is 28.8 Å². The van der Waals surface area contributed by atoms with Gasteiger partial charge in [-0.25, -0.2) is 4.68 Å². The van der Waals surface area contributed by atoms with Crippen molar-refractivity contribution in [2.24, 2.45) is 5.92 Å². The van der Waals surface area contributed by atoms with Crippen molar-refractivity contribution >= 4 is 5.91 Å². The van der Waals surface area contributed by atoms with E-state index in [0.29, 0.717) is 13.1 Å². The number of carbonyl (C=O) groups excluding carboxylic acids is 1. The molecule has 0 unspecified atom stereocenters. The second-order valence-corrected chi connectivity index (χ2v) is 6.25. The summed E-state index contributed by atoms with van der Waals surface area (Å²) < 4.78 is 1.93. The van der Waals surface area contributed by atoms with Gasteiger partial charge in [0.1, 0.15) is 0 Å². The maximum absolute atomic E-state index is 11.9. The minimum Gasteiger partial charge on any atom is -0.351 e. The van der Waals surface area contributed by atoms with Crippen molar-refractivity contribution in [1.29, 1.82) is 0 Å². The van der Waals surface area contributed by atoms with Gasteiger partial charge < -0.3 is 10.6 Å². The van der Waals surface area contributed by atoms with Crippen molar-refractivity contribution in [3.63, 3.8) is 0 Å². The number of carbonyl (C=O) groups is 1. The Labute approximate surface area is 137 Å². The van der Waals surface area contributed by atoms with E-state index in [4.69, 9.17) is 0 Å². The second-order valence-electron chi connectivity index (χ2n) is 6.25. The van der Waals surface area contributed by atoms with E-state index in [1.54, 1.807) is 0 Å². The molecule has 23 heavy (non-hydrogen) atoms. The van der Waals surface area contributed by atoms with Gasteiger partial charge in [-0.2, -0.15) is 5.10 Å². The summed E-state index contributed by atoms with van der Waals surface area (Å²) in [6.07, 6.45) is 2.59. The number of para-hydroxylation sites is 1. The van der Waals surface area contributed by atoms with Gasteiger partial charge in [-0.3, -0.25) is 4.79 Å². The smallest absolute Gasteiger partial charge is 0.234 e. The van der Waals surface area contributed by atoms with Crippen LogP contribution in [0.15, 0.2) is 30.3 Å². The molecule has 1 amide bonds. The summed E-state index contributed by atoms with van der Waals surface area (Å²) in [6, 6.07) is 10.1. The lowest BCUT2D eigenvalue weighted by Crippen LogP contribution is -2.34. The zero-order valence-corrected chi connectivity index (χ0v) is 13.8. The summed E-state index contributed by atoms with van der Waals surface area (Å²) >= 11 is 0. The molecule has 0 spiro atoms. The maximum Gasteiger partial charge on any atom is 0.234 e. The Kier molecular flexibility index (Phi) is 4.76. The summed E-state index contributed by atoms with van der Waals surface area (Å²) in [7, 11) is 0. The Balaban J connectivity index is 1.59. The molecule has 1 heterocycles. The zero-order valence-electron chi connectivity index (χ0n) is 13.8. The number of nitrogens with zero attached hydrogens (tertiary/aromatic N) is 2. The largest absolute Gasteiger partial charge is 0.351 e. The van der Waals surface area contributed by atoms with Gasteiger partial charge in [-0.15, -0.1) is 0 Å². The molecular formula is C18H24N4O. The molecule has 1 fully saturated rings. The van der Waals surface area contributed by atoms with Crippen molar-refractivity contribution in [2.45, 2.75) is 33.2 Å². The van der Waals surface area contributed by atoms with Gasteiger partial charge >= 0.3 is 0 Å². The number of rotatable bonds is 7. The highest BCUT2D eigenvalue weighted by Gasteiger charge is 2.20. The topological polar surface area (TPSA) is 59.0 Å². The number of amides is 1. The third kappa shape index (κ3) is 3.99. The zero-order chi connectivity index (χ0) is 16.2. The molecule has 5 nitrogen and oxygen atoms in total. The van der Waals surface area contributed by atoms with Crippen LogP contribution in [0, 0.1) is 19.8 Å². The van der Waals surface area contributed by atoms with Gasteiger partial charge in [0.2, 0.25) is 5.91 Å². The van der Waals surface area contributed by atoms with E-state index in [1.807, 2.05) is 48.9 Å². The number of aromatic nitrogens is 2. The lowest BCUT2D eigenvalue weighted by molar-refractivity contribution is -0.120. The monoisotopic (exact) mass is 312 g/mol. The van der Waals surface area contributed by atoms with Crippen LogP contribution in [0.1, 0.15) is 29.8 Å². The molecule has 0 radical (unpaired) electrons. The highest BCUT2D eigenvalue weighted by atomic mass is 16.1. The molecule has 2 aromatic rings. The molecule has 1 saturated carbocycles. The van der Waals surface area contributed by atoms with E-state index < -0.39 is 0 Å². The Bertz CT molecular complexity index is 674. The molecule has 1 aliphatic carbocycles. The third-order valence-corrected chi connectivity index (χ3v) is 4.32. The molecule has 1 aromatic carbocycles. The third-order valence-electron chi connectivity index (χ3n) is 4.32. The van der Waals surface area contributed by atoms with Crippen LogP contribution in [0.2, 0.25) is 0 Å². The summed E-state index contributed by atoms with van der Waals surface area (Å²) in [5, 5.41) is 10.8. The fraction of sp³-hybridized carbons (Fsp3) is 0.444. The first-order chi connectivity index (χ1) is 11.1. The van der Waals surface area contributed by atoms with E-state index in [-0.39, 0.29) is 5.91 Å². The maximum atomic E-state index is 11.9. The number of aryl methyl sites for hydroxylation is 1. The van der Waals surface area contributed by atoms with Crippen LogP contribution in [0.5, 0.6) is 0 Å². The van der Waals surface area contributed by atoms with Gasteiger partial charge in [0, 0.05) is 17.8 Å². The van der Waals surface area contributed by atoms with Crippen molar-refractivity contribution in [2.75, 3.05) is 13.1 Å². The van der Waals surface area contributed by atoms with Gasteiger partial charge in [0.25, 0.3) is 0 Å². The second kappa shape index (κ2) is 6.96. The summed E-state index contributed by atoms with van der Waals surface area (Å²) in [5.74, 6) is 0.827. The molecule has 1 aromatic heterocycles. The Morgan fingerprint density at radius 3 is 2.70 bits per heavy atom. The minimum atomic E-state index is 0.0388. The van der Waals surface area contributed by atoms with Gasteiger partial charge in [0.05, 0.1) is 17.9 Å². The van der Waals surface area contributed by atoms with Crippen molar-refractivity contribution in [3.05, 3.63) is 47.3 Å².